The fourth-order valence-electron chi connectivity index (χ4n) is 3.65. The van der Waals surface area contributed by atoms with E-state index in [0.29, 0.717) is 12.0 Å². The van der Waals surface area contributed by atoms with Crippen LogP contribution >= 0.6 is 24.0 Å². The molecule has 1 aliphatic heterocycles. The molecule has 0 aromatic carbocycles. The van der Waals surface area contributed by atoms with Crippen molar-refractivity contribution in [3.63, 3.8) is 0 Å². The van der Waals surface area contributed by atoms with Crippen LogP contribution in [-0.2, 0) is 6.42 Å². The molecular formula is C19H31IN6O. The van der Waals surface area contributed by atoms with E-state index in [2.05, 4.69) is 45.0 Å². The second-order valence-electron chi connectivity index (χ2n) is 7.08. The Kier molecular flexibility index (Phi) is 8.12. The first kappa shape index (κ1) is 21.7. The molecule has 1 aliphatic rings. The molecule has 3 rings (SSSR count). The van der Waals surface area contributed by atoms with Crippen LogP contribution < -0.4 is 5.32 Å². The van der Waals surface area contributed by atoms with Gasteiger partial charge in [0.05, 0.1) is 18.1 Å². The van der Waals surface area contributed by atoms with E-state index in [4.69, 9.17) is 9.52 Å². The van der Waals surface area contributed by atoms with Crippen molar-refractivity contribution >= 4 is 29.9 Å². The summed E-state index contributed by atoms with van der Waals surface area (Å²) < 4.78 is 7.48. The first-order valence-corrected chi connectivity index (χ1v) is 9.52. The van der Waals surface area contributed by atoms with Crippen molar-refractivity contribution in [2.24, 2.45) is 10.9 Å². The highest BCUT2D eigenvalue weighted by Gasteiger charge is 2.28. The number of rotatable bonds is 5. The Labute approximate surface area is 178 Å². The van der Waals surface area contributed by atoms with Crippen LogP contribution in [0, 0.1) is 19.8 Å². The molecular weight excluding hydrogens is 455 g/mol. The summed E-state index contributed by atoms with van der Waals surface area (Å²) in [5.74, 6) is 2.52. The summed E-state index contributed by atoms with van der Waals surface area (Å²) in [6, 6.07) is 0.428. The maximum Gasteiger partial charge on any atom is 0.193 e. The predicted molar refractivity (Wildman–Crippen MR) is 118 cm³/mol. The van der Waals surface area contributed by atoms with Crippen LogP contribution in [0.4, 0.5) is 0 Å². The second kappa shape index (κ2) is 10.1. The molecule has 3 heterocycles. The summed E-state index contributed by atoms with van der Waals surface area (Å²) in [5.41, 5.74) is 2.14. The van der Waals surface area contributed by atoms with Gasteiger partial charge in [-0.2, -0.15) is 0 Å². The molecule has 1 saturated heterocycles. The zero-order chi connectivity index (χ0) is 18.5. The smallest absolute Gasteiger partial charge is 0.193 e. The Bertz CT molecular complexity index is 707. The molecule has 0 spiro atoms. The van der Waals surface area contributed by atoms with Crippen LogP contribution in [0.1, 0.15) is 43.3 Å². The van der Waals surface area contributed by atoms with E-state index in [1.165, 1.54) is 5.56 Å². The molecule has 7 nitrogen and oxygen atoms in total. The number of aryl methyl sites for hydroxylation is 2. The Morgan fingerprint density at radius 3 is 2.85 bits per heavy atom. The lowest BCUT2D eigenvalue weighted by molar-refractivity contribution is 0.189. The Hall–Kier alpha value is -1.58. The normalized spacial score (nSPS) is 20.4. The Balaban J connectivity index is 0.00000261. The van der Waals surface area contributed by atoms with Gasteiger partial charge in [0.1, 0.15) is 5.76 Å². The summed E-state index contributed by atoms with van der Waals surface area (Å²) >= 11 is 0. The number of halogens is 1. The average molecular weight is 486 g/mol. The molecule has 0 aliphatic carbocycles. The molecule has 0 radical (unpaired) electrons. The molecule has 2 atom stereocenters. The Morgan fingerprint density at radius 1 is 1.41 bits per heavy atom. The van der Waals surface area contributed by atoms with Gasteiger partial charge in [0.2, 0.25) is 0 Å². The number of piperidine rings is 1. The fraction of sp³-hybridized carbons (Fsp3) is 0.632. The molecule has 1 fully saturated rings. The summed E-state index contributed by atoms with van der Waals surface area (Å²) in [5, 5.41) is 7.48. The molecule has 0 bridgehead atoms. The van der Waals surface area contributed by atoms with Crippen molar-refractivity contribution < 1.29 is 4.52 Å². The summed E-state index contributed by atoms with van der Waals surface area (Å²) in [6.07, 6.45) is 7.84. The van der Waals surface area contributed by atoms with E-state index in [1.54, 1.807) is 0 Å². The number of hydrogen-bond acceptors (Lipinski definition) is 4. The molecule has 2 aromatic heterocycles. The van der Waals surface area contributed by atoms with Crippen molar-refractivity contribution in [1.29, 1.82) is 0 Å². The second-order valence-corrected chi connectivity index (χ2v) is 7.08. The first-order valence-electron chi connectivity index (χ1n) is 9.52. The third-order valence-corrected chi connectivity index (χ3v) is 5.27. The number of aromatic nitrogens is 3. The highest BCUT2D eigenvalue weighted by Crippen LogP contribution is 2.27. The van der Waals surface area contributed by atoms with Gasteiger partial charge in [-0.1, -0.05) is 12.1 Å². The van der Waals surface area contributed by atoms with Gasteiger partial charge in [-0.25, -0.2) is 4.98 Å². The van der Waals surface area contributed by atoms with Crippen molar-refractivity contribution in [2.45, 2.75) is 46.6 Å². The lowest BCUT2D eigenvalue weighted by Gasteiger charge is -2.39. The van der Waals surface area contributed by atoms with Gasteiger partial charge in [0.25, 0.3) is 0 Å². The maximum absolute atomic E-state index is 5.25. The van der Waals surface area contributed by atoms with Crippen LogP contribution in [0.2, 0.25) is 0 Å². The van der Waals surface area contributed by atoms with Gasteiger partial charge >= 0.3 is 0 Å². The number of guanidine groups is 1. The lowest BCUT2D eigenvalue weighted by Crippen LogP contribution is -2.49. The molecule has 2 unspecified atom stereocenters. The number of nitrogens with zero attached hydrogens (tertiary/aromatic N) is 5. The lowest BCUT2D eigenvalue weighted by atomic mass is 9.93. The monoisotopic (exact) mass is 486 g/mol. The number of likely N-dealkylation sites (tertiary alicyclic amines) is 1. The molecule has 0 saturated carbocycles. The quantitative estimate of drug-likeness (QED) is 0.400. The summed E-state index contributed by atoms with van der Waals surface area (Å²) in [6.45, 7) is 12.0. The topological polar surface area (TPSA) is 71.5 Å². The van der Waals surface area contributed by atoms with E-state index >= 15 is 0 Å². The van der Waals surface area contributed by atoms with Crippen molar-refractivity contribution in [3.8, 4) is 0 Å². The third-order valence-electron chi connectivity index (χ3n) is 5.27. The van der Waals surface area contributed by atoms with Crippen LogP contribution in [0.5, 0.6) is 0 Å². The van der Waals surface area contributed by atoms with E-state index in [9.17, 15) is 0 Å². The highest BCUT2D eigenvalue weighted by atomic mass is 127. The third kappa shape index (κ3) is 5.24. The molecule has 27 heavy (non-hydrogen) atoms. The SMILES string of the molecule is CCNC(=NCCc1c(C)noc1C)N1CCC(C)C(n2ccnc2)C1.I. The van der Waals surface area contributed by atoms with Gasteiger partial charge in [0.15, 0.2) is 5.96 Å². The van der Waals surface area contributed by atoms with Crippen molar-refractivity contribution in [2.75, 3.05) is 26.2 Å². The Morgan fingerprint density at radius 2 is 2.22 bits per heavy atom. The van der Waals surface area contributed by atoms with Crippen molar-refractivity contribution in [3.05, 3.63) is 35.7 Å². The van der Waals surface area contributed by atoms with Gasteiger partial charge in [-0.05, 0) is 39.5 Å². The van der Waals surface area contributed by atoms with E-state index in [0.717, 1.165) is 56.4 Å². The van der Waals surface area contributed by atoms with Gasteiger partial charge in [-0.3, -0.25) is 4.99 Å². The van der Waals surface area contributed by atoms with Gasteiger partial charge < -0.3 is 19.3 Å². The predicted octanol–water partition coefficient (Wildman–Crippen LogP) is 3.20. The van der Waals surface area contributed by atoms with Crippen LogP contribution in [0.25, 0.3) is 0 Å². The molecule has 2 aromatic rings. The van der Waals surface area contributed by atoms with Crippen LogP contribution in [0.15, 0.2) is 28.2 Å². The fourth-order valence-corrected chi connectivity index (χ4v) is 3.65. The molecule has 1 N–H and O–H groups in total. The minimum Gasteiger partial charge on any atom is -0.361 e. The number of aliphatic imine (C=N–C) groups is 1. The van der Waals surface area contributed by atoms with E-state index in [1.807, 2.05) is 26.4 Å². The molecule has 8 heteroatoms. The highest BCUT2D eigenvalue weighted by molar-refractivity contribution is 14.0. The number of imidazole rings is 1. The summed E-state index contributed by atoms with van der Waals surface area (Å²) in [4.78, 5) is 11.5. The molecule has 150 valence electrons. The zero-order valence-corrected chi connectivity index (χ0v) is 19.0. The van der Waals surface area contributed by atoms with Gasteiger partial charge in [0, 0.05) is 44.1 Å². The number of nitrogens with one attached hydrogen (secondary N) is 1. The zero-order valence-electron chi connectivity index (χ0n) is 16.7. The largest absolute Gasteiger partial charge is 0.361 e. The first-order chi connectivity index (χ1) is 12.6. The van der Waals surface area contributed by atoms with Crippen molar-refractivity contribution in [1.82, 2.24) is 24.9 Å². The van der Waals surface area contributed by atoms with Crippen LogP contribution in [0.3, 0.4) is 0 Å². The van der Waals surface area contributed by atoms with Crippen LogP contribution in [-0.4, -0.2) is 51.7 Å². The van der Waals surface area contributed by atoms with E-state index < -0.39 is 0 Å². The minimum absolute atomic E-state index is 0. The maximum atomic E-state index is 5.25. The summed E-state index contributed by atoms with van der Waals surface area (Å²) in [7, 11) is 0. The average Bonchev–Trinajstić information content (AvgIpc) is 3.27. The standard InChI is InChI=1S/C19H30N6O.HI/c1-5-21-19(22-8-6-17-15(3)23-26-16(17)4)24-10-7-14(2)18(12-24)25-11-9-20-13-25;/h9,11,13-14,18H,5-8,10,12H2,1-4H3,(H,21,22);1H. The minimum atomic E-state index is 0. The van der Waals surface area contributed by atoms with E-state index in [-0.39, 0.29) is 24.0 Å². The molecule has 0 amide bonds. The number of hydrogen-bond donors (Lipinski definition) is 1. The van der Waals surface area contributed by atoms with Gasteiger partial charge in [-0.15, -0.1) is 24.0 Å².